The summed E-state index contributed by atoms with van der Waals surface area (Å²) in [6.45, 7) is 4.22. The van der Waals surface area contributed by atoms with Crippen LogP contribution in [0.2, 0.25) is 0 Å². The lowest BCUT2D eigenvalue weighted by molar-refractivity contribution is -0.116. The van der Waals surface area contributed by atoms with Gasteiger partial charge in [-0.25, -0.2) is 5.01 Å². The first-order valence-electron chi connectivity index (χ1n) is 9.23. The Balaban J connectivity index is 1.86. The van der Waals surface area contributed by atoms with Crippen LogP contribution >= 0.6 is 11.8 Å². The molecule has 2 aliphatic rings. The molecule has 2 heterocycles. The van der Waals surface area contributed by atoms with Crippen LogP contribution in [0.5, 0.6) is 0 Å². The fourth-order valence-electron chi connectivity index (χ4n) is 3.28. The van der Waals surface area contributed by atoms with Gasteiger partial charge >= 0.3 is 0 Å². The summed E-state index contributed by atoms with van der Waals surface area (Å²) in [5.74, 6) is 0.812. The number of amides is 1. The van der Waals surface area contributed by atoms with E-state index in [1.54, 1.807) is 16.8 Å². The van der Waals surface area contributed by atoms with Crippen LogP contribution in [0.4, 0.5) is 0 Å². The van der Waals surface area contributed by atoms with Crippen molar-refractivity contribution in [3.05, 3.63) is 70.2 Å². The number of carbonyl (C=O) groups excluding carboxylic acids is 1. The molecule has 5 nitrogen and oxygen atoms in total. The molecule has 0 aromatic heterocycles. The molecule has 0 radical (unpaired) electrons. The van der Waals surface area contributed by atoms with Crippen molar-refractivity contribution in [1.82, 2.24) is 10.3 Å². The number of aryl methyl sites for hydroxylation is 1. The number of fused-ring (bicyclic) bond motifs is 2. The predicted octanol–water partition coefficient (Wildman–Crippen LogP) is 2.67. The molecule has 0 fully saturated rings. The summed E-state index contributed by atoms with van der Waals surface area (Å²) in [6.07, 6.45) is 1.86. The van der Waals surface area contributed by atoms with Crippen LogP contribution in [0.25, 0.3) is 5.70 Å². The minimum atomic E-state index is -0.344. The van der Waals surface area contributed by atoms with Crippen LogP contribution < -0.4 is 15.9 Å². The molecule has 0 bridgehead atoms. The number of thioether (sulfide) groups is 1. The van der Waals surface area contributed by atoms with E-state index in [4.69, 9.17) is 10.1 Å². The van der Waals surface area contributed by atoms with Gasteiger partial charge in [0.2, 0.25) is 0 Å². The molecule has 0 saturated carbocycles. The van der Waals surface area contributed by atoms with E-state index in [0.29, 0.717) is 10.9 Å². The zero-order chi connectivity index (χ0) is 18.8. The highest BCUT2D eigenvalue weighted by molar-refractivity contribution is 8.13. The Kier molecular flexibility index (Phi) is 4.99. The number of benzene rings is 2. The average Bonchev–Trinajstić information content (AvgIpc) is 2.68. The molecule has 6 heteroatoms. The highest BCUT2D eigenvalue weighted by Gasteiger charge is 2.34. The van der Waals surface area contributed by atoms with Gasteiger partial charge in [-0.3, -0.25) is 15.1 Å². The van der Waals surface area contributed by atoms with E-state index in [0.717, 1.165) is 40.3 Å². The maximum absolute atomic E-state index is 13.0. The highest BCUT2D eigenvalue weighted by Crippen LogP contribution is 2.32. The minimum Gasteiger partial charge on any atom is -0.298 e. The van der Waals surface area contributed by atoms with Crippen LogP contribution in [0.1, 0.15) is 37.1 Å². The third-order valence-corrected chi connectivity index (χ3v) is 5.67. The van der Waals surface area contributed by atoms with Crippen molar-refractivity contribution in [2.24, 2.45) is 10.1 Å². The van der Waals surface area contributed by atoms with Gasteiger partial charge in [-0.15, -0.1) is 5.10 Å². The summed E-state index contributed by atoms with van der Waals surface area (Å²) in [7, 11) is 0. The lowest BCUT2D eigenvalue weighted by atomic mass is 10.0. The van der Waals surface area contributed by atoms with Gasteiger partial charge in [-0.2, -0.15) is 0 Å². The molecule has 2 aromatic carbocycles. The molecule has 0 unspecified atom stereocenters. The molecule has 2 aliphatic heterocycles. The van der Waals surface area contributed by atoms with Crippen molar-refractivity contribution in [2.45, 2.75) is 32.9 Å². The van der Waals surface area contributed by atoms with Crippen molar-refractivity contribution >= 4 is 28.5 Å². The molecule has 0 spiro atoms. The second-order valence-corrected chi connectivity index (χ2v) is 7.71. The lowest BCUT2D eigenvalue weighted by Crippen LogP contribution is -2.50. The summed E-state index contributed by atoms with van der Waals surface area (Å²) in [5.41, 5.74) is 2.75. The number of rotatable bonds is 4. The van der Waals surface area contributed by atoms with Crippen molar-refractivity contribution in [2.75, 3.05) is 5.75 Å². The van der Waals surface area contributed by atoms with Gasteiger partial charge in [-0.05, 0) is 25.0 Å². The molecular formula is C21H22N4OS. The van der Waals surface area contributed by atoms with Crippen LogP contribution in [0, 0.1) is 6.92 Å². The Hall–Kier alpha value is -2.60. The number of hydrazone groups is 1. The molecule has 1 N–H and O–H groups in total. The number of carbonyl (C=O) groups is 1. The molecule has 1 atom stereocenters. The van der Waals surface area contributed by atoms with Crippen LogP contribution in [-0.2, 0) is 4.79 Å². The standard InChI is InChI=1S/C21H22N4OS/c1-3-4-13-27-21-23-20(26)18-16-11-7-8-12-17(16)22-19(25(18)24-21)15-10-6-5-9-14(15)2/h5-12,19H,3-4,13H2,1-2H3,(H,23,24,26)/t19-/m1/s1. The lowest BCUT2D eigenvalue weighted by Gasteiger charge is -2.34. The summed E-state index contributed by atoms with van der Waals surface area (Å²) < 4.78 is 0. The van der Waals surface area contributed by atoms with Gasteiger partial charge in [0, 0.05) is 16.5 Å². The largest absolute Gasteiger partial charge is 0.298 e. The summed E-state index contributed by atoms with van der Waals surface area (Å²) in [5, 5.41) is 11.8. The molecule has 27 heavy (non-hydrogen) atoms. The molecule has 138 valence electrons. The molecule has 1 amide bonds. The highest BCUT2D eigenvalue weighted by atomic mass is 32.2. The monoisotopic (exact) mass is 378 g/mol. The first-order valence-corrected chi connectivity index (χ1v) is 10.2. The zero-order valence-corrected chi connectivity index (χ0v) is 16.3. The quantitative estimate of drug-likeness (QED) is 0.832. The number of hydrogen-bond donors (Lipinski definition) is 1. The first-order chi connectivity index (χ1) is 13.2. The van der Waals surface area contributed by atoms with Gasteiger partial charge in [0.1, 0.15) is 5.70 Å². The first kappa shape index (κ1) is 17.8. The minimum absolute atomic E-state index is 0.120. The second-order valence-electron chi connectivity index (χ2n) is 6.63. The van der Waals surface area contributed by atoms with E-state index < -0.39 is 0 Å². The second kappa shape index (κ2) is 7.56. The number of hydrogen-bond acceptors (Lipinski definition) is 5. The van der Waals surface area contributed by atoms with Crippen molar-refractivity contribution < 1.29 is 4.79 Å². The van der Waals surface area contributed by atoms with E-state index in [2.05, 4.69) is 31.3 Å². The van der Waals surface area contributed by atoms with Gasteiger partial charge in [0.15, 0.2) is 11.3 Å². The van der Waals surface area contributed by atoms with E-state index in [-0.39, 0.29) is 12.1 Å². The molecule has 4 rings (SSSR count). The Labute approximate surface area is 162 Å². The third kappa shape index (κ3) is 3.37. The Morgan fingerprint density at radius 3 is 2.74 bits per heavy atom. The van der Waals surface area contributed by atoms with Gasteiger partial charge in [0.05, 0.1) is 5.36 Å². The number of nitrogens with zero attached hydrogens (tertiary/aromatic N) is 3. The number of para-hydroxylation sites is 1. The van der Waals surface area contributed by atoms with E-state index in [1.165, 1.54) is 0 Å². The van der Waals surface area contributed by atoms with Crippen molar-refractivity contribution in [3.8, 4) is 0 Å². The van der Waals surface area contributed by atoms with Crippen molar-refractivity contribution in [3.63, 3.8) is 0 Å². The third-order valence-electron chi connectivity index (χ3n) is 4.72. The molecule has 0 saturated heterocycles. The van der Waals surface area contributed by atoms with E-state index in [9.17, 15) is 4.79 Å². The fourth-order valence-corrected chi connectivity index (χ4v) is 4.22. The van der Waals surface area contributed by atoms with Crippen LogP contribution in [-0.4, -0.2) is 21.8 Å². The van der Waals surface area contributed by atoms with Gasteiger partial charge in [0.25, 0.3) is 5.91 Å². The number of unbranched alkanes of at least 4 members (excludes halogenated alkanes) is 1. The summed E-state index contributed by atoms with van der Waals surface area (Å²) >= 11 is 1.59. The normalized spacial score (nSPS) is 18.2. The average molecular weight is 379 g/mol. The SMILES string of the molecule is CCCCSC1=NN2C(=c3ccccc3=N[C@H]2c2ccccc2C)C(=O)N1. The Morgan fingerprint density at radius 2 is 1.93 bits per heavy atom. The van der Waals surface area contributed by atoms with Crippen LogP contribution in [0.3, 0.4) is 0 Å². The smallest absolute Gasteiger partial charge is 0.276 e. The fraction of sp³-hybridized carbons (Fsp3) is 0.286. The van der Waals surface area contributed by atoms with E-state index in [1.807, 2.05) is 36.4 Å². The maximum atomic E-state index is 13.0. The van der Waals surface area contributed by atoms with Crippen LogP contribution in [0.15, 0.2) is 58.6 Å². The number of amidine groups is 1. The van der Waals surface area contributed by atoms with Crippen molar-refractivity contribution in [1.29, 1.82) is 0 Å². The topological polar surface area (TPSA) is 57.1 Å². The Bertz CT molecular complexity index is 1030. The van der Waals surface area contributed by atoms with Gasteiger partial charge in [-0.1, -0.05) is 67.6 Å². The predicted molar refractivity (Wildman–Crippen MR) is 109 cm³/mol. The summed E-state index contributed by atoms with van der Waals surface area (Å²) in [6, 6.07) is 15.9. The summed E-state index contributed by atoms with van der Waals surface area (Å²) in [4.78, 5) is 17.9. The zero-order valence-electron chi connectivity index (χ0n) is 15.5. The molecule has 0 aliphatic carbocycles. The number of nitrogens with one attached hydrogen (secondary N) is 1. The molecule has 2 aromatic rings. The molecular weight excluding hydrogens is 356 g/mol. The van der Waals surface area contributed by atoms with Gasteiger partial charge < -0.3 is 0 Å². The maximum Gasteiger partial charge on any atom is 0.276 e. The Morgan fingerprint density at radius 1 is 1.15 bits per heavy atom. The van der Waals surface area contributed by atoms with E-state index >= 15 is 0 Å².